The molecule has 0 aliphatic carbocycles. The van der Waals surface area contributed by atoms with Gasteiger partial charge >= 0.3 is 0 Å². The highest BCUT2D eigenvalue weighted by Gasteiger charge is 1.94. The number of hydrogen-bond acceptors (Lipinski definition) is 2. The molecule has 0 heterocycles. The van der Waals surface area contributed by atoms with E-state index >= 15 is 0 Å². The van der Waals surface area contributed by atoms with Crippen LogP contribution >= 0.6 is 0 Å². The molecular weight excluding hydrogens is 128 g/mol. The molecule has 0 saturated heterocycles. The summed E-state index contributed by atoms with van der Waals surface area (Å²) < 4.78 is 0. The Bertz CT molecular complexity index is 79.3. The van der Waals surface area contributed by atoms with Crippen LogP contribution in [0.5, 0.6) is 0 Å². The molecule has 0 aliphatic rings. The molecule has 0 radical (unpaired) electrons. The minimum absolute atomic E-state index is 0.497. The second kappa shape index (κ2) is 6.78. The van der Waals surface area contributed by atoms with E-state index in [9.17, 15) is 0 Å². The van der Waals surface area contributed by atoms with Gasteiger partial charge < -0.3 is 10.2 Å². The Hall–Kier alpha value is -0.340. The largest absolute Gasteiger partial charge is 0.368 e. The van der Waals surface area contributed by atoms with Crippen LogP contribution in [0.1, 0.15) is 32.1 Å². The fourth-order valence-electron chi connectivity index (χ4n) is 0.792. The molecule has 0 rings (SSSR count). The van der Waals surface area contributed by atoms with Crippen LogP contribution in [0.25, 0.3) is 0 Å². The van der Waals surface area contributed by atoms with Gasteiger partial charge in [0.25, 0.3) is 0 Å². The molecule has 0 spiro atoms. The third-order valence-electron chi connectivity index (χ3n) is 1.37. The predicted molar refractivity (Wildman–Crippen MR) is 41.5 cm³/mol. The lowest BCUT2D eigenvalue weighted by atomic mass is 10.1. The maximum Gasteiger partial charge on any atom is 0.151 e. The van der Waals surface area contributed by atoms with Crippen LogP contribution in [-0.4, -0.2) is 16.5 Å². The molecule has 0 fully saturated rings. The molecule has 0 aromatic heterocycles. The van der Waals surface area contributed by atoms with Crippen molar-refractivity contribution in [2.24, 2.45) is 0 Å². The predicted octanol–water partition coefficient (Wildman–Crippen LogP) is 1.43. The Labute approximate surface area is 62.2 Å². The van der Waals surface area contributed by atoms with Crippen LogP contribution in [0.2, 0.25) is 0 Å². The normalized spacial score (nSPS) is 10.3. The van der Waals surface area contributed by atoms with E-state index in [-0.39, 0.29) is 0 Å². The molecule has 0 unspecified atom stereocenters. The average molecular weight is 144 g/mol. The first-order chi connectivity index (χ1) is 4.77. The Kier molecular flexibility index (Phi) is 6.55. The molecule has 0 bridgehead atoms. The second-order valence-electron chi connectivity index (χ2n) is 2.41. The highest BCUT2D eigenvalue weighted by atomic mass is 16.5. The fourth-order valence-corrected chi connectivity index (χ4v) is 0.792. The minimum atomic E-state index is -1.12. The first-order valence-electron chi connectivity index (χ1n) is 3.74. The molecule has 2 heteroatoms. The zero-order chi connectivity index (χ0) is 7.82. The number of unbranched alkanes of at least 4 members (excludes halogenated alkanes) is 3. The van der Waals surface area contributed by atoms with E-state index in [1.54, 1.807) is 0 Å². The van der Waals surface area contributed by atoms with Crippen LogP contribution in [0, 0.1) is 0 Å². The highest BCUT2D eigenvalue weighted by molar-refractivity contribution is 4.65. The number of rotatable bonds is 6. The SMILES string of the molecule is C=CCCCCCC(O)O. The van der Waals surface area contributed by atoms with Crippen molar-refractivity contribution in [3.8, 4) is 0 Å². The Morgan fingerprint density at radius 2 is 1.90 bits per heavy atom. The fraction of sp³-hybridized carbons (Fsp3) is 0.750. The highest BCUT2D eigenvalue weighted by Crippen LogP contribution is 2.04. The van der Waals surface area contributed by atoms with Gasteiger partial charge in [0.05, 0.1) is 0 Å². The molecule has 60 valence electrons. The van der Waals surface area contributed by atoms with E-state index in [1.165, 1.54) is 0 Å². The smallest absolute Gasteiger partial charge is 0.151 e. The lowest BCUT2D eigenvalue weighted by Crippen LogP contribution is -2.02. The summed E-state index contributed by atoms with van der Waals surface area (Å²) >= 11 is 0. The molecule has 10 heavy (non-hydrogen) atoms. The van der Waals surface area contributed by atoms with Crippen LogP contribution < -0.4 is 0 Å². The van der Waals surface area contributed by atoms with E-state index in [0.717, 1.165) is 25.7 Å². The molecule has 0 aromatic carbocycles. The summed E-state index contributed by atoms with van der Waals surface area (Å²) in [5.41, 5.74) is 0. The summed E-state index contributed by atoms with van der Waals surface area (Å²) in [7, 11) is 0. The maximum absolute atomic E-state index is 8.44. The average Bonchev–Trinajstić information content (AvgIpc) is 1.87. The van der Waals surface area contributed by atoms with Crippen LogP contribution in [-0.2, 0) is 0 Å². The Morgan fingerprint density at radius 3 is 2.40 bits per heavy atom. The van der Waals surface area contributed by atoms with Crippen molar-refractivity contribution >= 4 is 0 Å². The van der Waals surface area contributed by atoms with Gasteiger partial charge in [-0.05, 0) is 25.7 Å². The Balaban J connectivity index is 2.83. The van der Waals surface area contributed by atoms with Gasteiger partial charge in [0, 0.05) is 0 Å². The quantitative estimate of drug-likeness (QED) is 0.336. The van der Waals surface area contributed by atoms with Crippen LogP contribution in [0.15, 0.2) is 12.7 Å². The minimum Gasteiger partial charge on any atom is -0.368 e. The number of allylic oxidation sites excluding steroid dienone is 1. The third kappa shape index (κ3) is 7.66. The van der Waals surface area contributed by atoms with E-state index in [1.807, 2.05) is 6.08 Å². The van der Waals surface area contributed by atoms with Crippen LogP contribution in [0.4, 0.5) is 0 Å². The van der Waals surface area contributed by atoms with Crippen molar-refractivity contribution in [3.05, 3.63) is 12.7 Å². The summed E-state index contributed by atoms with van der Waals surface area (Å²) in [5.74, 6) is 0. The van der Waals surface area contributed by atoms with Crippen molar-refractivity contribution in [2.75, 3.05) is 0 Å². The lowest BCUT2D eigenvalue weighted by Gasteiger charge is -2.00. The molecular formula is C8H16O2. The summed E-state index contributed by atoms with van der Waals surface area (Å²) in [6.07, 6.45) is 5.35. The van der Waals surface area contributed by atoms with E-state index in [0.29, 0.717) is 6.42 Å². The molecule has 2 nitrogen and oxygen atoms in total. The number of aliphatic hydroxyl groups is 2. The van der Waals surface area contributed by atoms with Crippen molar-refractivity contribution in [1.29, 1.82) is 0 Å². The van der Waals surface area contributed by atoms with Crippen LogP contribution in [0.3, 0.4) is 0 Å². The standard InChI is InChI=1S/C8H16O2/c1-2-3-4-5-6-7-8(9)10/h2,8-10H,1,3-7H2. The molecule has 0 atom stereocenters. The lowest BCUT2D eigenvalue weighted by molar-refractivity contribution is -0.0465. The molecule has 0 aromatic rings. The molecule has 0 aliphatic heterocycles. The van der Waals surface area contributed by atoms with Crippen molar-refractivity contribution in [3.63, 3.8) is 0 Å². The number of aliphatic hydroxyl groups excluding tert-OH is 1. The third-order valence-corrected chi connectivity index (χ3v) is 1.37. The summed E-state index contributed by atoms with van der Waals surface area (Å²) in [5, 5.41) is 16.9. The van der Waals surface area contributed by atoms with Gasteiger partial charge in [-0.2, -0.15) is 0 Å². The van der Waals surface area contributed by atoms with Gasteiger partial charge in [-0.1, -0.05) is 12.5 Å². The van der Waals surface area contributed by atoms with Gasteiger partial charge in [-0.3, -0.25) is 0 Å². The van der Waals surface area contributed by atoms with Crippen molar-refractivity contribution < 1.29 is 10.2 Å². The van der Waals surface area contributed by atoms with Gasteiger partial charge in [0.2, 0.25) is 0 Å². The molecule has 2 N–H and O–H groups in total. The monoisotopic (exact) mass is 144 g/mol. The van der Waals surface area contributed by atoms with E-state index in [4.69, 9.17) is 10.2 Å². The zero-order valence-corrected chi connectivity index (χ0v) is 6.29. The zero-order valence-electron chi connectivity index (χ0n) is 6.29. The second-order valence-corrected chi connectivity index (χ2v) is 2.41. The van der Waals surface area contributed by atoms with Gasteiger partial charge in [-0.15, -0.1) is 6.58 Å². The summed E-state index contributed by atoms with van der Waals surface area (Å²) in [6.45, 7) is 3.59. The van der Waals surface area contributed by atoms with E-state index < -0.39 is 6.29 Å². The van der Waals surface area contributed by atoms with Gasteiger partial charge in [0.1, 0.15) is 0 Å². The van der Waals surface area contributed by atoms with Gasteiger partial charge in [0.15, 0.2) is 6.29 Å². The topological polar surface area (TPSA) is 40.5 Å². The van der Waals surface area contributed by atoms with Crippen molar-refractivity contribution in [2.45, 2.75) is 38.4 Å². The summed E-state index contributed by atoms with van der Waals surface area (Å²) in [6, 6.07) is 0. The Morgan fingerprint density at radius 1 is 1.20 bits per heavy atom. The summed E-state index contributed by atoms with van der Waals surface area (Å²) in [4.78, 5) is 0. The van der Waals surface area contributed by atoms with E-state index in [2.05, 4.69) is 6.58 Å². The first kappa shape index (κ1) is 9.66. The van der Waals surface area contributed by atoms with Gasteiger partial charge in [-0.25, -0.2) is 0 Å². The molecule has 0 amide bonds. The number of hydrogen-bond donors (Lipinski definition) is 2. The molecule has 0 saturated carbocycles. The van der Waals surface area contributed by atoms with Crippen molar-refractivity contribution in [1.82, 2.24) is 0 Å². The first-order valence-corrected chi connectivity index (χ1v) is 3.74. The maximum atomic E-state index is 8.44.